The number of allylic oxidation sites excluding steroid dienone is 3. The Labute approximate surface area is 210 Å². The van der Waals surface area contributed by atoms with Gasteiger partial charge in [0, 0.05) is 12.3 Å². The molecule has 8 atom stereocenters. The summed E-state index contributed by atoms with van der Waals surface area (Å²) in [5.74, 6) is 2.81. The summed E-state index contributed by atoms with van der Waals surface area (Å²) < 4.78 is 5.89. The van der Waals surface area contributed by atoms with Gasteiger partial charge < -0.3 is 4.74 Å². The minimum atomic E-state index is -0.114. The molecule has 0 aliphatic heterocycles. The minimum absolute atomic E-state index is 0.0508. The van der Waals surface area contributed by atoms with Crippen LogP contribution in [-0.4, -0.2) is 12.1 Å². The Bertz CT molecular complexity index is 847. The van der Waals surface area contributed by atoms with Crippen molar-refractivity contribution in [3.05, 3.63) is 23.8 Å². The molecule has 0 bridgehead atoms. The Morgan fingerprint density at radius 3 is 2.21 bits per heavy atom. The number of carbonyl (C=O) groups is 1. The molecular weight excluding hydrogens is 416 g/mol. The standard InChI is InChI=1S/C32H52O2/c1-21(2)11-10-12-22(3)24-15-19-31(8)25(24)13-14-27-30(7)18-17-28(34-23(4)33)29(5,6)26(30)16-20-32(27,31)9/h11,24-28H,3,10,12-20H2,1-2,4-9H3/t24-,25-,26+,27-,28+,30+,31-,32-/m1/s1. The van der Waals surface area contributed by atoms with Crippen molar-refractivity contribution in [2.24, 2.45) is 45.3 Å². The van der Waals surface area contributed by atoms with Crippen molar-refractivity contribution >= 4 is 5.97 Å². The molecule has 0 spiro atoms. The first-order valence-electron chi connectivity index (χ1n) is 14.3. The van der Waals surface area contributed by atoms with Crippen LogP contribution < -0.4 is 0 Å². The lowest BCUT2D eigenvalue weighted by Gasteiger charge is -2.70. The monoisotopic (exact) mass is 468 g/mol. The van der Waals surface area contributed by atoms with Crippen molar-refractivity contribution in [2.75, 3.05) is 0 Å². The van der Waals surface area contributed by atoms with Crippen LogP contribution in [-0.2, 0) is 9.53 Å². The van der Waals surface area contributed by atoms with Crippen LogP contribution in [0.1, 0.15) is 120 Å². The van der Waals surface area contributed by atoms with Gasteiger partial charge in [-0.05, 0) is 118 Å². The molecule has 0 aromatic carbocycles. The molecule has 4 aliphatic rings. The van der Waals surface area contributed by atoms with Crippen LogP contribution in [0.5, 0.6) is 0 Å². The summed E-state index contributed by atoms with van der Waals surface area (Å²) in [5.41, 5.74) is 4.17. The van der Waals surface area contributed by atoms with E-state index in [0.29, 0.717) is 22.2 Å². The molecule has 192 valence electrons. The third-order valence-corrected chi connectivity index (χ3v) is 12.2. The number of carbonyl (C=O) groups excluding carboxylic acids is 1. The fraction of sp³-hybridized carbons (Fsp3) is 0.844. The van der Waals surface area contributed by atoms with Crippen molar-refractivity contribution < 1.29 is 9.53 Å². The van der Waals surface area contributed by atoms with Crippen LogP contribution in [0.3, 0.4) is 0 Å². The first-order valence-corrected chi connectivity index (χ1v) is 14.3. The van der Waals surface area contributed by atoms with Crippen molar-refractivity contribution in [3.63, 3.8) is 0 Å². The Balaban J connectivity index is 1.57. The van der Waals surface area contributed by atoms with E-state index in [-0.39, 0.29) is 17.5 Å². The first-order chi connectivity index (χ1) is 15.8. The van der Waals surface area contributed by atoms with E-state index in [1.165, 1.54) is 56.1 Å². The van der Waals surface area contributed by atoms with Crippen LogP contribution in [0.15, 0.2) is 23.8 Å². The van der Waals surface area contributed by atoms with E-state index >= 15 is 0 Å². The number of fused-ring (bicyclic) bond motifs is 5. The molecule has 2 nitrogen and oxygen atoms in total. The predicted molar refractivity (Wildman–Crippen MR) is 142 cm³/mol. The van der Waals surface area contributed by atoms with Gasteiger partial charge in [0.05, 0.1) is 0 Å². The lowest BCUT2D eigenvalue weighted by atomic mass is 9.35. The zero-order valence-electron chi connectivity index (χ0n) is 23.6. The van der Waals surface area contributed by atoms with Gasteiger partial charge in [-0.3, -0.25) is 4.79 Å². The van der Waals surface area contributed by atoms with Crippen molar-refractivity contribution in [1.29, 1.82) is 0 Å². The predicted octanol–water partition coefficient (Wildman–Crippen LogP) is 8.91. The van der Waals surface area contributed by atoms with Gasteiger partial charge in [-0.15, -0.1) is 0 Å². The van der Waals surface area contributed by atoms with Gasteiger partial charge in [-0.1, -0.05) is 58.4 Å². The lowest BCUT2D eigenvalue weighted by Crippen LogP contribution is -2.64. The summed E-state index contributed by atoms with van der Waals surface area (Å²) >= 11 is 0. The molecule has 4 rings (SSSR count). The fourth-order valence-electron chi connectivity index (χ4n) is 10.4. The van der Waals surface area contributed by atoms with Gasteiger partial charge in [0.15, 0.2) is 0 Å². The molecule has 0 saturated heterocycles. The van der Waals surface area contributed by atoms with E-state index in [2.05, 4.69) is 61.1 Å². The maximum absolute atomic E-state index is 11.8. The van der Waals surface area contributed by atoms with Crippen LogP contribution in [0.2, 0.25) is 0 Å². The average Bonchev–Trinajstić information content (AvgIpc) is 3.08. The second-order valence-corrected chi connectivity index (χ2v) is 14.3. The van der Waals surface area contributed by atoms with Crippen LogP contribution in [0.25, 0.3) is 0 Å². The summed E-state index contributed by atoms with van der Waals surface area (Å²) in [6.45, 7) is 23.4. The smallest absolute Gasteiger partial charge is 0.302 e. The summed E-state index contributed by atoms with van der Waals surface area (Å²) in [4.78, 5) is 11.8. The second kappa shape index (κ2) is 8.81. The Morgan fingerprint density at radius 1 is 0.882 bits per heavy atom. The zero-order chi connectivity index (χ0) is 25.1. The maximum atomic E-state index is 11.8. The van der Waals surface area contributed by atoms with Crippen molar-refractivity contribution in [2.45, 2.75) is 126 Å². The molecular formula is C32H52O2. The van der Waals surface area contributed by atoms with E-state index in [1.807, 2.05) is 0 Å². The molecule has 0 aromatic heterocycles. The molecule has 4 aliphatic carbocycles. The van der Waals surface area contributed by atoms with Crippen LogP contribution >= 0.6 is 0 Å². The van der Waals surface area contributed by atoms with Gasteiger partial charge in [0.1, 0.15) is 6.10 Å². The van der Waals surface area contributed by atoms with E-state index < -0.39 is 0 Å². The molecule has 4 saturated carbocycles. The molecule has 4 fully saturated rings. The highest BCUT2D eigenvalue weighted by molar-refractivity contribution is 5.66. The first kappa shape index (κ1) is 26.0. The highest BCUT2D eigenvalue weighted by Gasteiger charge is 2.68. The van der Waals surface area contributed by atoms with Gasteiger partial charge >= 0.3 is 5.97 Å². The van der Waals surface area contributed by atoms with Crippen molar-refractivity contribution in [3.8, 4) is 0 Å². The SMILES string of the molecule is C=C(CCC=C(C)C)[C@H]1CC[C@]2(C)[C@@H]1CC[C@@H]1[C@@]3(C)CC[C@H](OC(C)=O)C(C)(C)[C@@H]3CC[C@]12C. The second-order valence-electron chi connectivity index (χ2n) is 14.3. The summed E-state index contributed by atoms with van der Waals surface area (Å²) in [7, 11) is 0. The largest absolute Gasteiger partial charge is 0.462 e. The highest BCUT2D eigenvalue weighted by Crippen LogP contribution is 2.75. The Kier molecular flexibility index (Phi) is 6.74. The highest BCUT2D eigenvalue weighted by atomic mass is 16.5. The van der Waals surface area contributed by atoms with E-state index in [1.54, 1.807) is 6.92 Å². The quantitative estimate of drug-likeness (QED) is 0.297. The molecule has 0 N–H and O–H groups in total. The van der Waals surface area contributed by atoms with Crippen molar-refractivity contribution in [1.82, 2.24) is 0 Å². The van der Waals surface area contributed by atoms with Crippen LogP contribution in [0, 0.1) is 45.3 Å². The lowest BCUT2D eigenvalue weighted by molar-refractivity contribution is -0.226. The summed E-state index contributed by atoms with van der Waals surface area (Å²) in [5, 5.41) is 0. The van der Waals surface area contributed by atoms with E-state index in [9.17, 15) is 4.79 Å². The molecule has 34 heavy (non-hydrogen) atoms. The molecule has 0 unspecified atom stereocenters. The van der Waals surface area contributed by atoms with Gasteiger partial charge in [-0.2, -0.15) is 0 Å². The number of hydrogen-bond acceptors (Lipinski definition) is 2. The van der Waals surface area contributed by atoms with Gasteiger partial charge in [0.2, 0.25) is 0 Å². The fourth-order valence-corrected chi connectivity index (χ4v) is 10.4. The summed E-state index contributed by atoms with van der Waals surface area (Å²) in [6, 6.07) is 0. The summed E-state index contributed by atoms with van der Waals surface area (Å²) in [6.07, 6.45) is 15.1. The molecule has 0 radical (unpaired) electrons. The maximum Gasteiger partial charge on any atom is 0.302 e. The van der Waals surface area contributed by atoms with E-state index in [0.717, 1.165) is 37.0 Å². The molecule has 0 heterocycles. The van der Waals surface area contributed by atoms with Crippen LogP contribution in [0.4, 0.5) is 0 Å². The average molecular weight is 469 g/mol. The zero-order valence-corrected chi connectivity index (χ0v) is 23.6. The number of hydrogen-bond donors (Lipinski definition) is 0. The normalized spacial score (nSPS) is 44.9. The molecule has 2 heteroatoms. The number of rotatable bonds is 5. The molecule has 0 aromatic rings. The number of esters is 1. The topological polar surface area (TPSA) is 26.3 Å². The third kappa shape index (κ3) is 3.85. The van der Waals surface area contributed by atoms with Gasteiger partial charge in [-0.25, -0.2) is 0 Å². The number of ether oxygens (including phenoxy) is 1. The minimum Gasteiger partial charge on any atom is -0.462 e. The van der Waals surface area contributed by atoms with E-state index in [4.69, 9.17) is 4.74 Å². The third-order valence-electron chi connectivity index (χ3n) is 12.2. The Hall–Kier alpha value is -1.05. The molecule has 0 amide bonds. The van der Waals surface area contributed by atoms with Gasteiger partial charge in [0.25, 0.3) is 0 Å². The Morgan fingerprint density at radius 2 is 1.56 bits per heavy atom.